The van der Waals surface area contributed by atoms with E-state index in [9.17, 15) is 14.9 Å². The minimum Gasteiger partial charge on any atom is -0.356 e. The number of carbonyl (C=O) groups excluding carboxylic acids is 1. The lowest BCUT2D eigenvalue weighted by Gasteiger charge is -2.23. The van der Waals surface area contributed by atoms with Crippen LogP contribution >= 0.6 is 0 Å². The summed E-state index contributed by atoms with van der Waals surface area (Å²) in [6.07, 6.45) is 8.02. The molecule has 7 nitrogen and oxygen atoms in total. The van der Waals surface area contributed by atoms with Gasteiger partial charge in [-0.25, -0.2) is 4.98 Å². The van der Waals surface area contributed by atoms with Gasteiger partial charge in [0.05, 0.1) is 5.56 Å². The maximum absolute atomic E-state index is 13.4. The molecular weight excluding hydrogens is 414 g/mol. The average Bonchev–Trinajstić information content (AvgIpc) is 3.13. The smallest absolute Gasteiger partial charge is 0.267 e. The summed E-state index contributed by atoms with van der Waals surface area (Å²) in [5.41, 5.74) is 1.53. The first-order valence-corrected chi connectivity index (χ1v) is 11.4. The van der Waals surface area contributed by atoms with Gasteiger partial charge in [-0.05, 0) is 43.0 Å². The number of nitrogens with zero attached hydrogens (tertiary/aromatic N) is 4. The molecule has 0 saturated carbocycles. The monoisotopic (exact) mass is 441 g/mol. The van der Waals surface area contributed by atoms with Crippen molar-refractivity contribution in [2.24, 2.45) is 0 Å². The van der Waals surface area contributed by atoms with Gasteiger partial charge in [-0.3, -0.25) is 14.0 Å². The van der Waals surface area contributed by atoms with Gasteiger partial charge in [-0.2, -0.15) is 5.26 Å². The largest absolute Gasteiger partial charge is 0.356 e. The molecule has 1 saturated heterocycles. The van der Waals surface area contributed by atoms with E-state index in [4.69, 9.17) is 4.98 Å². The zero-order valence-corrected chi connectivity index (χ0v) is 18.5. The number of nitrogens with one attached hydrogen (secondary N) is 1. The van der Waals surface area contributed by atoms with Crippen LogP contribution in [0.1, 0.15) is 36.8 Å². The lowest BCUT2D eigenvalue weighted by atomic mass is 10.1. The van der Waals surface area contributed by atoms with E-state index >= 15 is 0 Å². The molecule has 4 rings (SSSR count). The van der Waals surface area contributed by atoms with Gasteiger partial charge in [0.1, 0.15) is 23.1 Å². The van der Waals surface area contributed by atoms with Crippen molar-refractivity contribution in [3.05, 3.63) is 81.8 Å². The summed E-state index contributed by atoms with van der Waals surface area (Å²) in [6.45, 7) is 1.98. The van der Waals surface area contributed by atoms with Gasteiger partial charge in [0.25, 0.3) is 11.5 Å². The van der Waals surface area contributed by atoms with Gasteiger partial charge >= 0.3 is 0 Å². The number of carbonyl (C=O) groups is 1. The number of amides is 1. The Morgan fingerprint density at radius 3 is 2.52 bits per heavy atom. The average molecular weight is 442 g/mol. The highest BCUT2D eigenvalue weighted by atomic mass is 16.1. The molecule has 1 aliphatic heterocycles. The third-order valence-electron chi connectivity index (χ3n) is 5.85. The van der Waals surface area contributed by atoms with E-state index in [1.807, 2.05) is 42.5 Å². The van der Waals surface area contributed by atoms with Crippen LogP contribution in [-0.2, 0) is 11.2 Å². The fourth-order valence-corrected chi connectivity index (χ4v) is 4.09. The fourth-order valence-electron chi connectivity index (χ4n) is 4.09. The molecule has 1 aliphatic rings. The first-order valence-electron chi connectivity index (χ1n) is 11.4. The molecule has 0 atom stereocenters. The molecule has 1 aromatic carbocycles. The van der Waals surface area contributed by atoms with Gasteiger partial charge < -0.3 is 10.2 Å². The standard InChI is InChI=1S/C26H27N5O2/c27-19-21(25(32)28-14-13-20-10-4-3-5-11-20)18-22-24(30-15-7-1-2-8-16-30)29-23-12-6-9-17-31(23)26(22)33/h3-6,9-12,17-18H,1-2,7-8,13-16H2,(H,28,32). The van der Waals surface area contributed by atoms with Crippen LogP contribution in [0.5, 0.6) is 0 Å². The van der Waals surface area contributed by atoms with Crippen LogP contribution in [0.3, 0.4) is 0 Å². The van der Waals surface area contributed by atoms with E-state index in [2.05, 4.69) is 10.2 Å². The van der Waals surface area contributed by atoms with Crippen molar-refractivity contribution in [3.8, 4) is 6.07 Å². The second kappa shape index (κ2) is 10.6. The van der Waals surface area contributed by atoms with Crippen molar-refractivity contribution in [1.29, 1.82) is 5.26 Å². The van der Waals surface area contributed by atoms with Crippen molar-refractivity contribution in [2.45, 2.75) is 32.1 Å². The predicted octanol–water partition coefficient (Wildman–Crippen LogP) is 3.34. The van der Waals surface area contributed by atoms with Gasteiger partial charge in [0.2, 0.25) is 0 Å². The Labute approximate surface area is 193 Å². The molecule has 0 spiro atoms. The number of benzene rings is 1. The van der Waals surface area contributed by atoms with Crippen LogP contribution in [0, 0.1) is 11.3 Å². The van der Waals surface area contributed by atoms with E-state index < -0.39 is 5.91 Å². The number of pyridine rings is 1. The van der Waals surface area contributed by atoms with Crippen LogP contribution in [0.25, 0.3) is 11.7 Å². The van der Waals surface area contributed by atoms with E-state index in [1.165, 1.54) is 10.5 Å². The minimum atomic E-state index is -0.493. The van der Waals surface area contributed by atoms with Crippen molar-refractivity contribution in [3.63, 3.8) is 0 Å². The summed E-state index contributed by atoms with van der Waals surface area (Å²) in [5, 5.41) is 12.5. The van der Waals surface area contributed by atoms with Crippen LogP contribution in [-0.4, -0.2) is 34.9 Å². The molecule has 168 valence electrons. The first-order chi connectivity index (χ1) is 16.2. The van der Waals surface area contributed by atoms with Crippen molar-refractivity contribution >= 4 is 23.4 Å². The number of anilines is 1. The molecule has 2 aromatic heterocycles. The number of nitriles is 1. The highest BCUT2D eigenvalue weighted by Crippen LogP contribution is 2.22. The SMILES string of the molecule is N#CC(=Cc1c(N2CCCCCC2)nc2ccccn2c1=O)C(=O)NCCc1ccccc1. The number of aromatic nitrogens is 2. The van der Waals surface area contributed by atoms with Crippen LogP contribution in [0.2, 0.25) is 0 Å². The molecule has 3 heterocycles. The summed E-state index contributed by atoms with van der Waals surface area (Å²) >= 11 is 0. The quantitative estimate of drug-likeness (QED) is 0.468. The summed E-state index contributed by atoms with van der Waals surface area (Å²) in [7, 11) is 0. The van der Waals surface area contributed by atoms with Gasteiger partial charge in [0.15, 0.2) is 0 Å². The number of rotatable bonds is 6. The zero-order chi connectivity index (χ0) is 23.0. The Hall–Kier alpha value is -3.92. The van der Waals surface area contributed by atoms with E-state index in [0.29, 0.717) is 24.4 Å². The molecule has 0 bridgehead atoms. The molecule has 3 aromatic rings. The van der Waals surface area contributed by atoms with Gasteiger partial charge in [-0.15, -0.1) is 0 Å². The molecular formula is C26H27N5O2. The highest BCUT2D eigenvalue weighted by molar-refractivity contribution is 6.02. The van der Waals surface area contributed by atoms with Crippen molar-refractivity contribution < 1.29 is 4.79 Å². The van der Waals surface area contributed by atoms with Gasteiger partial charge in [-0.1, -0.05) is 49.2 Å². The second-order valence-electron chi connectivity index (χ2n) is 8.15. The molecule has 1 N–H and O–H groups in total. The molecule has 33 heavy (non-hydrogen) atoms. The molecule has 1 fully saturated rings. The number of fused-ring (bicyclic) bond motifs is 1. The minimum absolute atomic E-state index is 0.103. The van der Waals surface area contributed by atoms with Crippen molar-refractivity contribution in [1.82, 2.24) is 14.7 Å². The van der Waals surface area contributed by atoms with Crippen LogP contribution < -0.4 is 15.8 Å². The lowest BCUT2D eigenvalue weighted by molar-refractivity contribution is -0.117. The molecule has 0 unspecified atom stereocenters. The zero-order valence-electron chi connectivity index (χ0n) is 18.5. The maximum atomic E-state index is 13.4. The molecule has 0 radical (unpaired) electrons. The molecule has 1 amide bonds. The van der Waals surface area contributed by atoms with E-state index in [0.717, 1.165) is 44.3 Å². The Balaban J connectivity index is 1.66. The Bertz CT molecular complexity index is 1250. The predicted molar refractivity (Wildman–Crippen MR) is 129 cm³/mol. The van der Waals surface area contributed by atoms with Crippen LogP contribution in [0.15, 0.2) is 65.1 Å². The Morgan fingerprint density at radius 1 is 1.06 bits per heavy atom. The van der Waals surface area contributed by atoms with E-state index in [1.54, 1.807) is 18.3 Å². The maximum Gasteiger partial charge on any atom is 0.267 e. The third-order valence-corrected chi connectivity index (χ3v) is 5.85. The summed E-state index contributed by atoms with van der Waals surface area (Å²) in [6, 6.07) is 17.2. The van der Waals surface area contributed by atoms with E-state index in [-0.39, 0.29) is 16.7 Å². The first kappa shape index (κ1) is 22.3. The Morgan fingerprint density at radius 2 is 1.79 bits per heavy atom. The number of hydrogen-bond acceptors (Lipinski definition) is 5. The van der Waals surface area contributed by atoms with Gasteiger partial charge in [0, 0.05) is 25.8 Å². The highest BCUT2D eigenvalue weighted by Gasteiger charge is 2.20. The lowest BCUT2D eigenvalue weighted by Crippen LogP contribution is -2.31. The fraction of sp³-hybridized carbons (Fsp3) is 0.308. The normalized spacial score (nSPS) is 14.5. The second-order valence-corrected chi connectivity index (χ2v) is 8.15. The Kier molecular flexibility index (Phi) is 7.16. The number of hydrogen-bond donors (Lipinski definition) is 1. The summed E-state index contributed by atoms with van der Waals surface area (Å²) in [5.74, 6) is 0.0470. The van der Waals surface area contributed by atoms with Crippen molar-refractivity contribution in [2.75, 3.05) is 24.5 Å². The van der Waals surface area contributed by atoms with Crippen LogP contribution in [0.4, 0.5) is 5.82 Å². The third kappa shape index (κ3) is 5.29. The topological polar surface area (TPSA) is 90.5 Å². The molecule has 0 aliphatic carbocycles. The summed E-state index contributed by atoms with van der Waals surface area (Å²) < 4.78 is 1.45. The molecule has 7 heteroatoms. The summed E-state index contributed by atoms with van der Waals surface area (Å²) in [4.78, 5) is 33.0.